The van der Waals surface area contributed by atoms with Crippen LogP contribution in [-0.2, 0) is 0 Å². The Balaban J connectivity index is 1.58. The summed E-state index contributed by atoms with van der Waals surface area (Å²) in [5.74, 6) is 0.694. The normalized spacial score (nSPS) is 10.6. The molecular weight excluding hydrogens is 332 g/mol. The fourth-order valence-electron chi connectivity index (χ4n) is 2.61. The minimum atomic E-state index is 0.226. The van der Waals surface area contributed by atoms with E-state index in [1.807, 2.05) is 78.9 Å². The zero-order valence-corrected chi connectivity index (χ0v) is 14.0. The molecule has 0 amide bonds. The third-order valence-electron chi connectivity index (χ3n) is 3.79. The van der Waals surface area contributed by atoms with Crippen molar-refractivity contribution in [3.63, 3.8) is 0 Å². The molecule has 0 aliphatic heterocycles. The molecule has 0 spiro atoms. The molecule has 0 bridgehead atoms. The Hall–Kier alpha value is -3.11. The van der Waals surface area contributed by atoms with E-state index in [1.54, 1.807) is 0 Å². The number of para-hydroxylation sites is 2. The van der Waals surface area contributed by atoms with Crippen molar-refractivity contribution in [1.82, 2.24) is 9.97 Å². The number of nitrogens with one attached hydrogen (secondary N) is 2. The van der Waals surface area contributed by atoms with Crippen LogP contribution in [-0.4, -0.2) is 9.97 Å². The molecule has 0 atom stereocenters. The van der Waals surface area contributed by atoms with Crippen LogP contribution in [0.5, 0.6) is 0 Å². The van der Waals surface area contributed by atoms with Crippen LogP contribution in [0.4, 0.5) is 22.9 Å². The van der Waals surface area contributed by atoms with Crippen LogP contribution in [0.1, 0.15) is 0 Å². The molecule has 25 heavy (non-hydrogen) atoms. The van der Waals surface area contributed by atoms with Crippen LogP contribution in [0.25, 0.3) is 10.9 Å². The third-order valence-corrected chi connectivity index (χ3v) is 3.96. The largest absolute Gasteiger partial charge is 0.356 e. The van der Waals surface area contributed by atoms with Crippen molar-refractivity contribution in [3.05, 3.63) is 84.1 Å². The Kier molecular flexibility index (Phi) is 4.19. The van der Waals surface area contributed by atoms with Gasteiger partial charge in [0.25, 0.3) is 0 Å². The highest BCUT2D eigenvalue weighted by Gasteiger charge is 2.06. The summed E-state index contributed by atoms with van der Waals surface area (Å²) >= 11 is 6.03. The summed E-state index contributed by atoms with van der Waals surface area (Å²) in [6, 6.07) is 25.9. The van der Waals surface area contributed by atoms with E-state index in [9.17, 15) is 0 Å². The number of anilines is 4. The SMILES string of the molecule is Clc1nc(Nc2ccc(Nc3ccccc3)cc2)c2ccccc2n1. The predicted octanol–water partition coefficient (Wildman–Crippen LogP) is 5.77. The van der Waals surface area contributed by atoms with Crippen molar-refractivity contribution in [2.75, 3.05) is 10.6 Å². The number of halogens is 1. The molecule has 0 aliphatic carbocycles. The van der Waals surface area contributed by atoms with E-state index in [2.05, 4.69) is 20.6 Å². The van der Waals surface area contributed by atoms with Crippen LogP contribution in [0.15, 0.2) is 78.9 Å². The van der Waals surface area contributed by atoms with Gasteiger partial charge in [0.2, 0.25) is 5.28 Å². The van der Waals surface area contributed by atoms with E-state index in [1.165, 1.54) is 0 Å². The lowest BCUT2D eigenvalue weighted by atomic mass is 10.2. The maximum absolute atomic E-state index is 6.03. The van der Waals surface area contributed by atoms with E-state index in [4.69, 9.17) is 11.6 Å². The number of nitrogens with zero attached hydrogens (tertiary/aromatic N) is 2. The zero-order chi connectivity index (χ0) is 17.1. The first-order valence-corrected chi connectivity index (χ1v) is 8.27. The Bertz CT molecular complexity index is 1000. The summed E-state index contributed by atoms with van der Waals surface area (Å²) in [7, 11) is 0. The van der Waals surface area contributed by atoms with E-state index >= 15 is 0 Å². The van der Waals surface area contributed by atoms with Crippen molar-refractivity contribution in [1.29, 1.82) is 0 Å². The first kappa shape index (κ1) is 15.4. The fourth-order valence-corrected chi connectivity index (χ4v) is 2.78. The Morgan fingerprint density at radius 1 is 0.600 bits per heavy atom. The molecule has 4 aromatic rings. The van der Waals surface area contributed by atoms with E-state index < -0.39 is 0 Å². The number of hydrogen-bond acceptors (Lipinski definition) is 4. The number of hydrogen-bond donors (Lipinski definition) is 2. The van der Waals surface area contributed by atoms with E-state index in [0.717, 1.165) is 28.0 Å². The van der Waals surface area contributed by atoms with Crippen molar-refractivity contribution in [3.8, 4) is 0 Å². The summed E-state index contributed by atoms with van der Waals surface area (Å²) in [5.41, 5.74) is 3.81. The van der Waals surface area contributed by atoms with Gasteiger partial charge in [0, 0.05) is 22.4 Å². The Morgan fingerprint density at radius 2 is 1.20 bits per heavy atom. The van der Waals surface area contributed by atoms with Crippen LogP contribution in [0, 0.1) is 0 Å². The van der Waals surface area contributed by atoms with Crippen LogP contribution in [0.3, 0.4) is 0 Å². The molecule has 0 aliphatic rings. The molecule has 0 saturated heterocycles. The predicted molar refractivity (Wildman–Crippen MR) is 104 cm³/mol. The average Bonchev–Trinajstić information content (AvgIpc) is 2.64. The lowest BCUT2D eigenvalue weighted by Gasteiger charge is -2.11. The van der Waals surface area contributed by atoms with Gasteiger partial charge in [-0.3, -0.25) is 0 Å². The molecule has 4 nitrogen and oxygen atoms in total. The molecule has 2 N–H and O–H groups in total. The second-order valence-corrected chi connectivity index (χ2v) is 5.89. The molecule has 1 aromatic heterocycles. The third kappa shape index (κ3) is 3.54. The number of rotatable bonds is 4. The van der Waals surface area contributed by atoms with Crippen molar-refractivity contribution < 1.29 is 0 Å². The van der Waals surface area contributed by atoms with Gasteiger partial charge in [-0.25, -0.2) is 4.98 Å². The Morgan fingerprint density at radius 3 is 1.96 bits per heavy atom. The topological polar surface area (TPSA) is 49.8 Å². The first-order chi connectivity index (χ1) is 12.3. The number of fused-ring (bicyclic) bond motifs is 1. The van der Waals surface area contributed by atoms with Gasteiger partial charge < -0.3 is 10.6 Å². The molecule has 3 aromatic carbocycles. The monoisotopic (exact) mass is 346 g/mol. The van der Waals surface area contributed by atoms with Crippen LogP contribution in [0.2, 0.25) is 5.28 Å². The van der Waals surface area contributed by atoms with Crippen LogP contribution < -0.4 is 10.6 Å². The molecular formula is C20H15ClN4. The van der Waals surface area contributed by atoms with Gasteiger partial charge in [0.1, 0.15) is 5.82 Å². The van der Waals surface area contributed by atoms with Gasteiger partial charge in [-0.05, 0) is 60.1 Å². The van der Waals surface area contributed by atoms with Crippen molar-refractivity contribution in [2.45, 2.75) is 0 Å². The lowest BCUT2D eigenvalue weighted by molar-refractivity contribution is 1.22. The van der Waals surface area contributed by atoms with Gasteiger partial charge >= 0.3 is 0 Å². The van der Waals surface area contributed by atoms with Gasteiger partial charge in [-0.15, -0.1) is 0 Å². The lowest BCUT2D eigenvalue weighted by Crippen LogP contribution is -1.97. The second kappa shape index (κ2) is 6.79. The molecule has 5 heteroatoms. The summed E-state index contributed by atoms with van der Waals surface area (Å²) in [6.07, 6.45) is 0. The summed E-state index contributed by atoms with van der Waals surface area (Å²) < 4.78 is 0. The highest BCUT2D eigenvalue weighted by atomic mass is 35.5. The summed E-state index contributed by atoms with van der Waals surface area (Å²) in [4.78, 5) is 8.56. The second-order valence-electron chi connectivity index (χ2n) is 5.55. The van der Waals surface area contributed by atoms with Crippen molar-refractivity contribution >= 4 is 45.4 Å². The molecule has 0 unspecified atom stereocenters. The van der Waals surface area contributed by atoms with Crippen LogP contribution >= 0.6 is 11.6 Å². The minimum Gasteiger partial charge on any atom is -0.356 e. The molecule has 122 valence electrons. The first-order valence-electron chi connectivity index (χ1n) is 7.89. The maximum Gasteiger partial charge on any atom is 0.224 e. The van der Waals surface area contributed by atoms with Gasteiger partial charge in [0.05, 0.1) is 5.52 Å². The molecule has 0 radical (unpaired) electrons. The number of benzene rings is 3. The maximum atomic E-state index is 6.03. The summed E-state index contributed by atoms with van der Waals surface area (Å²) in [5, 5.41) is 7.83. The standard InChI is InChI=1S/C20H15ClN4/c21-20-24-18-9-5-4-8-17(18)19(25-20)23-16-12-10-15(11-13-16)22-14-6-2-1-3-7-14/h1-13,22H,(H,23,24,25). The number of aromatic nitrogens is 2. The fraction of sp³-hybridized carbons (Fsp3) is 0. The molecule has 4 rings (SSSR count). The van der Waals surface area contributed by atoms with Gasteiger partial charge in [-0.1, -0.05) is 30.3 Å². The minimum absolute atomic E-state index is 0.226. The molecule has 0 fully saturated rings. The average molecular weight is 347 g/mol. The summed E-state index contributed by atoms with van der Waals surface area (Å²) in [6.45, 7) is 0. The molecule has 1 heterocycles. The quantitative estimate of drug-likeness (QED) is 0.460. The highest BCUT2D eigenvalue weighted by molar-refractivity contribution is 6.28. The smallest absolute Gasteiger partial charge is 0.224 e. The van der Waals surface area contributed by atoms with E-state index in [0.29, 0.717) is 5.82 Å². The zero-order valence-electron chi connectivity index (χ0n) is 13.3. The van der Waals surface area contributed by atoms with Gasteiger partial charge in [-0.2, -0.15) is 4.98 Å². The van der Waals surface area contributed by atoms with E-state index in [-0.39, 0.29) is 5.28 Å². The highest BCUT2D eigenvalue weighted by Crippen LogP contribution is 2.26. The Labute approximate surface area is 150 Å². The van der Waals surface area contributed by atoms with Crippen molar-refractivity contribution in [2.24, 2.45) is 0 Å². The van der Waals surface area contributed by atoms with Gasteiger partial charge in [0.15, 0.2) is 0 Å². The molecule has 0 saturated carbocycles.